The maximum absolute atomic E-state index is 3.10. The smallest absolute Gasteiger partial charge is 0.00110 e. The van der Waals surface area contributed by atoms with E-state index in [0.29, 0.717) is 0 Å². The molecule has 2 atom stereocenters. The van der Waals surface area contributed by atoms with Gasteiger partial charge in [0, 0.05) is 6.54 Å². The Morgan fingerprint density at radius 1 is 1.71 bits per heavy atom. The van der Waals surface area contributed by atoms with Crippen LogP contribution in [0.4, 0.5) is 0 Å². The van der Waals surface area contributed by atoms with Crippen molar-refractivity contribution >= 4 is 9.24 Å². The second-order valence-electron chi connectivity index (χ2n) is 1.73. The van der Waals surface area contributed by atoms with Crippen LogP contribution in [-0.4, -0.2) is 19.3 Å². The van der Waals surface area contributed by atoms with E-state index in [0.717, 1.165) is 12.2 Å². The maximum Gasteiger partial charge on any atom is 0.00110 e. The van der Waals surface area contributed by atoms with Crippen LogP contribution in [-0.2, 0) is 0 Å². The van der Waals surface area contributed by atoms with E-state index in [2.05, 4.69) is 21.5 Å². The molecule has 44 valence electrons. The number of nitrogens with one attached hydrogen (secondary N) is 1. The van der Waals surface area contributed by atoms with Gasteiger partial charge in [-0.15, -0.1) is 9.24 Å². The second kappa shape index (κ2) is 4.55. The van der Waals surface area contributed by atoms with Gasteiger partial charge in [0.25, 0.3) is 0 Å². The largest absolute Gasteiger partial charge is 0.319 e. The molecule has 0 aromatic heterocycles. The third-order valence-electron chi connectivity index (χ3n) is 0.991. The summed E-state index contributed by atoms with van der Waals surface area (Å²) in [5, 5.41) is 3.10. The molecular weight excluding hydrogens is 105 g/mol. The highest BCUT2D eigenvalue weighted by molar-refractivity contribution is 7.17. The number of hydrogen-bond donors (Lipinski definition) is 1. The molecule has 2 unspecified atom stereocenters. The summed E-state index contributed by atoms with van der Waals surface area (Å²) < 4.78 is 0. The minimum absolute atomic E-state index is 0.755. The topological polar surface area (TPSA) is 12.0 Å². The average molecular weight is 119 g/mol. The molecule has 0 fully saturated rings. The molecule has 7 heavy (non-hydrogen) atoms. The van der Waals surface area contributed by atoms with Crippen molar-refractivity contribution in [2.24, 2.45) is 0 Å². The molecule has 0 saturated heterocycles. The second-order valence-corrected chi connectivity index (χ2v) is 2.67. The zero-order chi connectivity index (χ0) is 5.70. The minimum Gasteiger partial charge on any atom is -0.319 e. The third kappa shape index (κ3) is 4.24. The first kappa shape index (κ1) is 7.39. The molecule has 0 aromatic carbocycles. The predicted octanol–water partition coefficient (Wildman–Crippen LogP) is 0.859. The van der Waals surface area contributed by atoms with Crippen LogP contribution >= 0.6 is 9.24 Å². The average Bonchev–Trinajstić information content (AvgIpc) is 1.68. The lowest BCUT2D eigenvalue weighted by atomic mass is 10.3. The van der Waals surface area contributed by atoms with E-state index in [4.69, 9.17) is 0 Å². The van der Waals surface area contributed by atoms with Gasteiger partial charge in [-0.25, -0.2) is 0 Å². The van der Waals surface area contributed by atoms with Gasteiger partial charge in [0.2, 0.25) is 0 Å². The molecule has 0 aliphatic carbocycles. The molecule has 0 radical (unpaired) electrons. The van der Waals surface area contributed by atoms with Crippen molar-refractivity contribution in [2.75, 3.05) is 13.6 Å². The lowest BCUT2D eigenvalue weighted by Crippen LogP contribution is -2.17. The Labute approximate surface area is 48.1 Å². The van der Waals surface area contributed by atoms with Gasteiger partial charge in [0.05, 0.1) is 0 Å². The van der Waals surface area contributed by atoms with E-state index in [9.17, 15) is 0 Å². The van der Waals surface area contributed by atoms with Crippen molar-refractivity contribution in [1.29, 1.82) is 0 Å². The van der Waals surface area contributed by atoms with Crippen molar-refractivity contribution in [3.05, 3.63) is 0 Å². The number of hydrogen-bond acceptors (Lipinski definition) is 1. The van der Waals surface area contributed by atoms with E-state index in [1.165, 1.54) is 6.42 Å². The van der Waals surface area contributed by atoms with Crippen LogP contribution in [0, 0.1) is 0 Å². The highest BCUT2D eigenvalue weighted by atomic mass is 31.0. The summed E-state index contributed by atoms with van der Waals surface area (Å²) in [5.74, 6) is 0. The van der Waals surface area contributed by atoms with Crippen molar-refractivity contribution in [3.8, 4) is 0 Å². The molecular formula is C5H14NP. The van der Waals surface area contributed by atoms with E-state index in [-0.39, 0.29) is 0 Å². The predicted molar refractivity (Wildman–Crippen MR) is 37.7 cm³/mol. The van der Waals surface area contributed by atoms with E-state index >= 15 is 0 Å². The molecule has 0 heterocycles. The quantitative estimate of drug-likeness (QED) is 0.543. The first-order valence-corrected chi connectivity index (χ1v) is 3.38. The van der Waals surface area contributed by atoms with Crippen LogP contribution in [0.2, 0.25) is 0 Å². The van der Waals surface area contributed by atoms with Gasteiger partial charge >= 0.3 is 0 Å². The van der Waals surface area contributed by atoms with Gasteiger partial charge in [0.1, 0.15) is 0 Å². The van der Waals surface area contributed by atoms with E-state index in [1.807, 2.05) is 7.05 Å². The normalized spacial score (nSPS) is 14.1. The monoisotopic (exact) mass is 119 g/mol. The first-order valence-electron chi connectivity index (χ1n) is 2.71. The molecule has 0 aromatic rings. The Morgan fingerprint density at radius 2 is 2.29 bits per heavy atom. The Hall–Kier alpha value is 0.390. The van der Waals surface area contributed by atoms with Gasteiger partial charge in [-0.3, -0.25) is 0 Å². The molecule has 0 spiro atoms. The molecule has 1 nitrogen and oxygen atoms in total. The van der Waals surface area contributed by atoms with Crippen LogP contribution in [0.15, 0.2) is 0 Å². The molecule has 1 N–H and O–H groups in total. The first-order chi connectivity index (χ1) is 3.31. The summed E-state index contributed by atoms with van der Waals surface area (Å²) >= 11 is 0. The summed E-state index contributed by atoms with van der Waals surface area (Å²) in [5.41, 5.74) is 0.755. The standard InChI is InChI=1S/C5H14NP/c1-3-5(7)4-6-2/h5-6H,3-4,7H2,1-2H3. The lowest BCUT2D eigenvalue weighted by molar-refractivity contribution is 0.726. The van der Waals surface area contributed by atoms with Gasteiger partial charge in [-0.2, -0.15) is 0 Å². The van der Waals surface area contributed by atoms with Crippen LogP contribution in [0.5, 0.6) is 0 Å². The van der Waals surface area contributed by atoms with E-state index in [1.54, 1.807) is 0 Å². The SMILES string of the molecule is CCC(P)CNC. The fourth-order valence-corrected chi connectivity index (χ4v) is 0.642. The Kier molecular flexibility index (Phi) is 4.80. The van der Waals surface area contributed by atoms with Gasteiger partial charge in [-0.05, 0) is 19.1 Å². The molecule has 0 bridgehead atoms. The Bertz CT molecular complexity index is 39.1. The fraction of sp³-hybridized carbons (Fsp3) is 1.00. The molecule has 0 aliphatic heterocycles. The highest BCUT2D eigenvalue weighted by Gasteiger charge is 1.92. The molecule has 0 aliphatic rings. The lowest BCUT2D eigenvalue weighted by Gasteiger charge is -2.03. The van der Waals surface area contributed by atoms with Crippen LogP contribution in [0.25, 0.3) is 0 Å². The summed E-state index contributed by atoms with van der Waals surface area (Å²) in [6.45, 7) is 3.30. The van der Waals surface area contributed by atoms with Crippen molar-refractivity contribution in [1.82, 2.24) is 5.32 Å². The van der Waals surface area contributed by atoms with Crippen LogP contribution in [0.1, 0.15) is 13.3 Å². The molecule has 0 saturated carbocycles. The van der Waals surface area contributed by atoms with E-state index < -0.39 is 0 Å². The fourth-order valence-electron chi connectivity index (χ4n) is 0.407. The van der Waals surface area contributed by atoms with Crippen molar-refractivity contribution in [2.45, 2.75) is 19.0 Å². The summed E-state index contributed by atoms with van der Waals surface area (Å²) in [6.07, 6.45) is 1.24. The minimum atomic E-state index is 0.755. The highest BCUT2D eigenvalue weighted by Crippen LogP contribution is 2.00. The summed E-state index contributed by atoms with van der Waals surface area (Å²) in [7, 11) is 4.77. The molecule has 2 heteroatoms. The zero-order valence-corrected chi connectivity index (χ0v) is 6.22. The van der Waals surface area contributed by atoms with Gasteiger partial charge in [0.15, 0.2) is 0 Å². The maximum atomic E-state index is 3.10. The zero-order valence-electron chi connectivity index (χ0n) is 5.07. The summed E-state index contributed by atoms with van der Waals surface area (Å²) in [4.78, 5) is 0. The molecule has 0 rings (SSSR count). The van der Waals surface area contributed by atoms with Gasteiger partial charge < -0.3 is 5.32 Å². The Balaban J connectivity index is 2.83. The number of rotatable bonds is 3. The Morgan fingerprint density at radius 3 is 2.43 bits per heavy atom. The third-order valence-corrected chi connectivity index (χ3v) is 1.70. The van der Waals surface area contributed by atoms with Crippen molar-refractivity contribution in [3.63, 3.8) is 0 Å². The van der Waals surface area contributed by atoms with Crippen molar-refractivity contribution < 1.29 is 0 Å². The van der Waals surface area contributed by atoms with Crippen LogP contribution < -0.4 is 5.32 Å². The van der Waals surface area contributed by atoms with Gasteiger partial charge in [-0.1, -0.05) is 6.92 Å². The van der Waals surface area contributed by atoms with Crippen LogP contribution in [0.3, 0.4) is 0 Å². The molecule has 0 amide bonds. The summed E-state index contributed by atoms with van der Waals surface area (Å²) in [6, 6.07) is 0.